The van der Waals surface area contributed by atoms with Gasteiger partial charge in [0, 0.05) is 24.5 Å². The molecule has 2 aliphatic heterocycles. The van der Waals surface area contributed by atoms with Gasteiger partial charge in [-0.1, -0.05) is 6.07 Å². The third kappa shape index (κ3) is 2.92. The van der Waals surface area contributed by atoms with Crippen LogP contribution in [0.15, 0.2) is 18.2 Å². The molecule has 3 rings (SSSR count). The lowest BCUT2D eigenvalue weighted by Crippen LogP contribution is -2.37. The van der Waals surface area contributed by atoms with Crippen molar-refractivity contribution < 1.29 is 19.1 Å². The van der Waals surface area contributed by atoms with Crippen LogP contribution in [0.1, 0.15) is 25.3 Å². The van der Waals surface area contributed by atoms with Gasteiger partial charge in [-0.15, -0.1) is 0 Å². The summed E-state index contributed by atoms with van der Waals surface area (Å²) >= 11 is 0. The molecule has 2 aliphatic rings. The average molecular weight is 304 g/mol. The lowest BCUT2D eigenvalue weighted by Gasteiger charge is -2.21. The zero-order valence-corrected chi connectivity index (χ0v) is 12.6. The van der Waals surface area contributed by atoms with Gasteiger partial charge in [0.05, 0.1) is 6.61 Å². The lowest BCUT2D eigenvalue weighted by atomic mass is 10.1. The van der Waals surface area contributed by atoms with E-state index in [1.807, 2.05) is 18.2 Å². The molecule has 0 saturated carbocycles. The number of anilines is 2. The maximum atomic E-state index is 12.5. The molecule has 22 heavy (non-hydrogen) atoms. The first-order valence-electron chi connectivity index (χ1n) is 7.68. The summed E-state index contributed by atoms with van der Waals surface area (Å²) in [7, 11) is 0. The highest BCUT2D eigenvalue weighted by Crippen LogP contribution is 2.32. The summed E-state index contributed by atoms with van der Waals surface area (Å²) in [6.07, 6.45) is 1.73. The Bertz CT molecular complexity index is 582. The normalized spacial score (nSPS) is 19.9. The van der Waals surface area contributed by atoms with Gasteiger partial charge in [0.15, 0.2) is 0 Å². The first-order chi connectivity index (χ1) is 10.7. The predicted octanol–water partition coefficient (Wildman–Crippen LogP) is 2.32. The maximum Gasteiger partial charge on any atom is 0.411 e. The van der Waals surface area contributed by atoms with Gasteiger partial charge < -0.3 is 14.4 Å². The van der Waals surface area contributed by atoms with Crippen molar-refractivity contribution in [1.82, 2.24) is 0 Å². The number of nitrogens with zero attached hydrogens (tertiary/aromatic N) is 1. The van der Waals surface area contributed by atoms with E-state index in [-0.39, 0.29) is 12.0 Å². The van der Waals surface area contributed by atoms with Crippen LogP contribution in [0, 0.1) is 0 Å². The highest BCUT2D eigenvalue weighted by molar-refractivity contribution is 5.99. The maximum absolute atomic E-state index is 12.5. The lowest BCUT2D eigenvalue weighted by molar-refractivity contribution is -0.127. The fraction of sp³-hybridized carbons (Fsp3) is 0.500. The number of rotatable bonds is 3. The van der Waals surface area contributed by atoms with Crippen molar-refractivity contribution in [2.24, 2.45) is 0 Å². The molecule has 1 unspecified atom stereocenters. The molecule has 0 spiro atoms. The molecule has 118 valence electrons. The molecule has 6 nitrogen and oxygen atoms in total. The van der Waals surface area contributed by atoms with Crippen LogP contribution in [0.25, 0.3) is 0 Å². The van der Waals surface area contributed by atoms with Crippen molar-refractivity contribution >= 4 is 23.4 Å². The van der Waals surface area contributed by atoms with E-state index in [2.05, 4.69) is 5.32 Å². The van der Waals surface area contributed by atoms with Crippen LogP contribution in [-0.2, 0) is 20.7 Å². The molecular weight excluding hydrogens is 284 g/mol. The summed E-state index contributed by atoms with van der Waals surface area (Å²) in [6.45, 7) is 3.39. The molecule has 2 heterocycles. The van der Waals surface area contributed by atoms with Crippen LogP contribution in [0.3, 0.4) is 0 Å². The molecule has 0 aromatic heterocycles. The number of nitrogens with one attached hydrogen (secondary N) is 1. The molecule has 0 radical (unpaired) electrons. The van der Waals surface area contributed by atoms with Gasteiger partial charge >= 0.3 is 6.09 Å². The molecule has 1 aromatic rings. The second-order valence-electron chi connectivity index (χ2n) is 5.43. The molecule has 6 heteroatoms. The van der Waals surface area contributed by atoms with E-state index in [0.717, 1.165) is 30.5 Å². The number of hydrogen-bond donors (Lipinski definition) is 1. The smallest absolute Gasteiger partial charge is 0.411 e. The van der Waals surface area contributed by atoms with E-state index in [9.17, 15) is 9.59 Å². The van der Waals surface area contributed by atoms with Gasteiger partial charge in [-0.25, -0.2) is 4.79 Å². The predicted molar refractivity (Wildman–Crippen MR) is 82.1 cm³/mol. The number of hydrogen-bond acceptors (Lipinski definition) is 4. The molecule has 2 amide bonds. The first-order valence-corrected chi connectivity index (χ1v) is 7.68. The van der Waals surface area contributed by atoms with Crippen molar-refractivity contribution in [2.45, 2.75) is 32.3 Å². The van der Waals surface area contributed by atoms with E-state index >= 15 is 0 Å². The standard InChI is InChI=1S/C16H20N2O4/c1-2-21-16(20)17-12-6-5-11-7-8-18(13(11)10-12)15(19)14-4-3-9-22-14/h5-6,10,14H,2-4,7-9H2,1H3,(H,17,20). The van der Waals surface area contributed by atoms with Crippen molar-refractivity contribution in [3.63, 3.8) is 0 Å². The molecule has 0 aliphatic carbocycles. The van der Waals surface area contributed by atoms with E-state index in [0.29, 0.717) is 25.4 Å². The Kier molecular flexibility index (Phi) is 4.29. The van der Waals surface area contributed by atoms with Crippen LogP contribution in [0.2, 0.25) is 0 Å². The van der Waals surface area contributed by atoms with Gasteiger partial charge in [0.25, 0.3) is 5.91 Å². The second-order valence-corrected chi connectivity index (χ2v) is 5.43. The third-order valence-corrected chi connectivity index (χ3v) is 3.97. The Morgan fingerprint density at radius 1 is 1.45 bits per heavy atom. The molecule has 1 aromatic carbocycles. The third-order valence-electron chi connectivity index (χ3n) is 3.97. The minimum Gasteiger partial charge on any atom is -0.450 e. The van der Waals surface area contributed by atoms with Crippen LogP contribution in [-0.4, -0.2) is 37.9 Å². The van der Waals surface area contributed by atoms with Crippen molar-refractivity contribution in [1.29, 1.82) is 0 Å². The minimum absolute atomic E-state index is 0.0181. The number of ether oxygens (including phenoxy) is 2. The summed E-state index contributed by atoms with van der Waals surface area (Å²) in [5.74, 6) is 0.0181. The van der Waals surface area contributed by atoms with Gasteiger partial charge in [-0.3, -0.25) is 10.1 Å². The van der Waals surface area contributed by atoms with E-state index < -0.39 is 6.09 Å². The number of amides is 2. The number of benzene rings is 1. The quantitative estimate of drug-likeness (QED) is 0.930. The van der Waals surface area contributed by atoms with E-state index in [1.54, 1.807) is 11.8 Å². The average Bonchev–Trinajstić information content (AvgIpc) is 3.16. The van der Waals surface area contributed by atoms with Crippen molar-refractivity contribution in [3.8, 4) is 0 Å². The Morgan fingerprint density at radius 2 is 2.32 bits per heavy atom. The first kappa shape index (κ1) is 14.8. The van der Waals surface area contributed by atoms with Crippen molar-refractivity contribution in [3.05, 3.63) is 23.8 Å². The summed E-state index contributed by atoms with van der Waals surface area (Å²) in [6, 6.07) is 5.60. The van der Waals surface area contributed by atoms with Crippen LogP contribution < -0.4 is 10.2 Å². The molecule has 1 fully saturated rings. The van der Waals surface area contributed by atoms with Crippen LogP contribution in [0.5, 0.6) is 0 Å². The largest absolute Gasteiger partial charge is 0.450 e. The van der Waals surface area contributed by atoms with E-state index in [4.69, 9.17) is 9.47 Å². The SMILES string of the molecule is CCOC(=O)Nc1ccc2c(c1)N(C(=O)C1CCCO1)CC2. The minimum atomic E-state index is -0.488. The van der Waals surface area contributed by atoms with Crippen LogP contribution in [0.4, 0.5) is 16.2 Å². The number of fused-ring (bicyclic) bond motifs is 1. The monoisotopic (exact) mass is 304 g/mol. The molecule has 1 N–H and O–H groups in total. The summed E-state index contributed by atoms with van der Waals surface area (Å²) in [4.78, 5) is 25.8. The highest BCUT2D eigenvalue weighted by Gasteiger charge is 2.32. The van der Waals surface area contributed by atoms with Gasteiger partial charge in [-0.05, 0) is 43.9 Å². The number of carbonyl (C=O) groups is 2. The van der Waals surface area contributed by atoms with E-state index in [1.165, 1.54) is 0 Å². The van der Waals surface area contributed by atoms with Crippen LogP contribution >= 0.6 is 0 Å². The topological polar surface area (TPSA) is 67.9 Å². The number of carbonyl (C=O) groups excluding carboxylic acids is 2. The summed E-state index contributed by atoms with van der Waals surface area (Å²) in [5, 5.41) is 2.67. The fourth-order valence-electron chi connectivity index (χ4n) is 2.92. The Balaban J connectivity index is 1.76. The molecule has 1 saturated heterocycles. The van der Waals surface area contributed by atoms with Crippen molar-refractivity contribution in [2.75, 3.05) is 30.0 Å². The zero-order valence-electron chi connectivity index (χ0n) is 12.6. The summed E-state index contributed by atoms with van der Waals surface area (Å²) < 4.78 is 10.4. The molecule has 1 atom stereocenters. The van der Waals surface area contributed by atoms with Gasteiger partial charge in [-0.2, -0.15) is 0 Å². The van der Waals surface area contributed by atoms with Gasteiger partial charge in [0.2, 0.25) is 0 Å². The highest BCUT2D eigenvalue weighted by atomic mass is 16.5. The summed E-state index contributed by atoms with van der Waals surface area (Å²) in [5.41, 5.74) is 2.60. The Morgan fingerprint density at radius 3 is 3.05 bits per heavy atom. The molecule has 0 bridgehead atoms. The fourth-order valence-corrected chi connectivity index (χ4v) is 2.92. The second kappa shape index (κ2) is 6.36. The molecular formula is C16H20N2O4. The van der Waals surface area contributed by atoms with Gasteiger partial charge in [0.1, 0.15) is 6.10 Å². The Hall–Kier alpha value is -2.08. The Labute approximate surface area is 129 Å². The zero-order chi connectivity index (χ0) is 15.5.